The van der Waals surface area contributed by atoms with Crippen LogP contribution in [0, 0.1) is 5.92 Å². The maximum atomic E-state index is 12.8. The van der Waals surface area contributed by atoms with Crippen molar-refractivity contribution in [3.63, 3.8) is 0 Å². The third kappa shape index (κ3) is 5.02. The Morgan fingerprint density at radius 3 is 2.23 bits per heavy atom. The van der Waals surface area contributed by atoms with Crippen molar-refractivity contribution in [1.82, 2.24) is 5.32 Å². The van der Waals surface area contributed by atoms with Crippen molar-refractivity contribution in [3.05, 3.63) is 65.7 Å². The molecule has 2 aromatic carbocycles. The van der Waals surface area contributed by atoms with Crippen molar-refractivity contribution in [1.29, 1.82) is 0 Å². The van der Waals surface area contributed by atoms with Gasteiger partial charge in [0.15, 0.2) is 5.78 Å². The molecule has 0 saturated carbocycles. The Kier molecular flexibility index (Phi) is 6.67. The number of amides is 2. The van der Waals surface area contributed by atoms with E-state index in [0.29, 0.717) is 16.8 Å². The van der Waals surface area contributed by atoms with E-state index in [1.807, 2.05) is 19.9 Å². The molecule has 5 heteroatoms. The molecule has 0 heterocycles. The maximum absolute atomic E-state index is 12.8. The third-order valence-corrected chi connectivity index (χ3v) is 4.35. The van der Waals surface area contributed by atoms with Crippen molar-refractivity contribution in [2.75, 3.05) is 5.32 Å². The van der Waals surface area contributed by atoms with Crippen LogP contribution >= 0.6 is 0 Å². The van der Waals surface area contributed by atoms with E-state index >= 15 is 0 Å². The second-order valence-electron chi connectivity index (χ2n) is 6.33. The SMILES string of the molecule is CCC(C)C(NC(=O)c1ccccc1)C(=O)Nc1cccc(C(C)=O)c1. The Morgan fingerprint density at radius 2 is 1.62 bits per heavy atom. The Morgan fingerprint density at radius 1 is 0.962 bits per heavy atom. The molecule has 0 fully saturated rings. The molecule has 2 atom stereocenters. The fourth-order valence-corrected chi connectivity index (χ4v) is 2.55. The van der Waals surface area contributed by atoms with Crippen LogP contribution in [-0.2, 0) is 4.79 Å². The maximum Gasteiger partial charge on any atom is 0.251 e. The lowest BCUT2D eigenvalue weighted by Gasteiger charge is -2.23. The van der Waals surface area contributed by atoms with Gasteiger partial charge in [-0.1, -0.05) is 50.6 Å². The number of ketones is 1. The number of Topliss-reactive ketones (excluding diaryl/α,β-unsaturated/α-hetero) is 1. The zero-order valence-corrected chi connectivity index (χ0v) is 15.3. The van der Waals surface area contributed by atoms with Gasteiger partial charge in [-0.15, -0.1) is 0 Å². The molecule has 2 amide bonds. The van der Waals surface area contributed by atoms with Crippen LogP contribution in [0.5, 0.6) is 0 Å². The Labute approximate surface area is 153 Å². The van der Waals surface area contributed by atoms with Gasteiger partial charge in [-0.25, -0.2) is 0 Å². The summed E-state index contributed by atoms with van der Waals surface area (Å²) in [5, 5.41) is 5.63. The number of rotatable bonds is 7. The smallest absolute Gasteiger partial charge is 0.251 e. The van der Waals surface area contributed by atoms with Gasteiger partial charge in [-0.05, 0) is 37.1 Å². The van der Waals surface area contributed by atoms with Crippen LogP contribution in [0.2, 0.25) is 0 Å². The van der Waals surface area contributed by atoms with E-state index in [9.17, 15) is 14.4 Å². The average Bonchev–Trinajstić information content (AvgIpc) is 2.66. The highest BCUT2D eigenvalue weighted by Crippen LogP contribution is 2.15. The molecule has 0 aromatic heterocycles. The topological polar surface area (TPSA) is 75.3 Å². The molecule has 136 valence electrons. The zero-order chi connectivity index (χ0) is 19.1. The van der Waals surface area contributed by atoms with Gasteiger partial charge in [0.1, 0.15) is 6.04 Å². The summed E-state index contributed by atoms with van der Waals surface area (Å²) in [6.07, 6.45) is 0.737. The van der Waals surface area contributed by atoms with Crippen LogP contribution in [0.4, 0.5) is 5.69 Å². The third-order valence-electron chi connectivity index (χ3n) is 4.35. The molecule has 5 nitrogen and oxygen atoms in total. The molecule has 0 spiro atoms. The lowest BCUT2D eigenvalue weighted by Crippen LogP contribution is -2.47. The Hall–Kier alpha value is -2.95. The molecule has 0 radical (unpaired) electrons. The summed E-state index contributed by atoms with van der Waals surface area (Å²) in [6.45, 7) is 5.36. The highest BCUT2D eigenvalue weighted by Gasteiger charge is 2.26. The molecule has 0 aliphatic heterocycles. The minimum absolute atomic E-state index is 0.0429. The predicted octanol–water partition coefficient (Wildman–Crippen LogP) is 3.67. The summed E-state index contributed by atoms with van der Waals surface area (Å²) in [4.78, 5) is 36.7. The van der Waals surface area contributed by atoms with E-state index in [-0.39, 0.29) is 23.5 Å². The highest BCUT2D eigenvalue weighted by molar-refractivity contribution is 6.02. The monoisotopic (exact) mass is 352 g/mol. The summed E-state index contributed by atoms with van der Waals surface area (Å²) in [5.74, 6) is -0.705. The summed E-state index contributed by atoms with van der Waals surface area (Å²) < 4.78 is 0. The second-order valence-corrected chi connectivity index (χ2v) is 6.33. The minimum Gasteiger partial charge on any atom is -0.340 e. The molecule has 26 heavy (non-hydrogen) atoms. The van der Waals surface area contributed by atoms with E-state index in [1.165, 1.54) is 6.92 Å². The van der Waals surface area contributed by atoms with E-state index in [4.69, 9.17) is 0 Å². The van der Waals surface area contributed by atoms with Gasteiger partial charge >= 0.3 is 0 Å². The molecule has 2 N–H and O–H groups in total. The minimum atomic E-state index is -0.673. The molecule has 0 aliphatic rings. The Balaban J connectivity index is 2.15. The first-order valence-corrected chi connectivity index (χ1v) is 8.70. The second kappa shape index (κ2) is 8.94. The highest BCUT2D eigenvalue weighted by atomic mass is 16.2. The van der Waals surface area contributed by atoms with Gasteiger partial charge < -0.3 is 10.6 Å². The molecule has 0 saturated heterocycles. The fraction of sp³-hybridized carbons (Fsp3) is 0.286. The number of benzene rings is 2. The van der Waals surface area contributed by atoms with Crippen molar-refractivity contribution in [2.45, 2.75) is 33.2 Å². The van der Waals surface area contributed by atoms with Crippen molar-refractivity contribution >= 4 is 23.3 Å². The first kappa shape index (κ1) is 19.4. The number of nitrogens with one attached hydrogen (secondary N) is 2. The Bertz CT molecular complexity index is 787. The van der Waals surface area contributed by atoms with Crippen molar-refractivity contribution in [2.24, 2.45) is 5.92 Å². The molecular formula is C21H24N2O3. The van der Waals surface area contributed by atoms with Crippen LogP contribution in [0.15, 0.2) is 54.6 Å². The van der Waals surface area contributed by atoms with Crippen molar-refractivity contribution in [3.8, 4) is 0 Å². The van der Waals surface area contributed by atoms with Gasteiger partial charge in [0.05, 0.1) is 0 Å². The van der Waals surface area contributed by atoms with Gasteiger partial charge in [-0.3, -0.25) is 14.4 Å². The summed E-state index contributed by atoms with van der Waals surface area (Å²) >= 11 is 0. The lowest BCUT2D eigenvalue weighted by molar-refractivity contribution is -0.119. The van der Waals surface area contributed by atoms with Crippen LogP contribution in [0.1, 0.15) is 47.9 Å². The lowest BCUT2D eigenvalue weighted by atomic mass is 9.97. The van der Waals surface area contributed by atoms with E-state index in [2.05, 4.69) is 10.6 Å². The summed E-state index contributed by atoms with van der Waals surface area (Å²) in [5.41, 5.74) is 1.56. The van der Waals surface area contributed by atoms with Crippen LogP contribution in [-0.4, -0.2) is 23.6 Å². The number of hydrogen-bond acceptors (Lipinski definition) is 3. The molecule has 0 aliphatic carbocycles. The van der Waals surface area contributed by atoms with Gasteiger partial charge in [0.2, 0.25) is 5.91 Å². The quantitative estimate of drug-likeness (QED) is 0.747. The van der Waals surface area contributed by atoms with E-state index < -0.39 is 6.04 Å². The normalized spacial score (nSPS) is 12.7. The number of hydrogen-bond donors (Lipinski definition) is 2. The number of anilines is 1. The fourth-order valence-electron chi connectivity index (χ4n) is 2.55. The largest absolute Gasteiger partial charge is 0.340 e. The summed E-state index contributed by atoms with van der Waals surface area (Å²) in [6, 6.07) is 14.9. The molecular weight excluding hydrogens is 328 g/mol. The molecule has 2 rings (SSSR count). The first-order chi connectivity index (χ1) is 12.4. The zero-order valence-electron chi connectivity index (χ0n) is 15.3. The predicted molar refractivity (Wildman–Crippen MR) is 102 cm³/mol. The standard InChI is InChI=1S/C21H24N2O3/c1-4-14(2)19(23-20(25)16-9-6-5-7-10-16)21(26)22-18-12-8-11-17(13-18)15(3)24/h5-14,19H,4H2,1-3H3,(H,22,26)(H,23,25). The number of carbonyl (C=O) groups is 3. The van der Waals surface area contributed by atoms with E-state index in [1.54, 1.807) is 48.5 Å². The number of carbonyl (C=O) groups excluding carboxylic acids is 3. The summed E-state index contributed by atoms with van der Waals surface area (Å²) in [7, 11) is 0. The van der Waals surface area contributed by atoms with Gasteiger partial charge in [0.25, 0.3) is 5.91 Å². The van der Waals surface area contributed by atoms with Gasteiger partial charge in [0, 0.05) is 16.8 Å². The van der Waals surface area contributed by atoms with E-state index in [0.717, 1.165) is 6.42 Å². The first-order valence-electron chi connectivity index (χ1n) is 8.70. The molecule has 2 aromatic rings. The van der Waals surface area contributed by atoms with Gasteiger partial charge in [-0.2, -0.15) is 0 Å². The van der Waals surface area contributed by atoms with Crippen molar-refractivity contribution < 1.29 is 14.4 Å². The van der Waals surface area contributed by atoms with Crippen LogP contribution in [0.3, 0.4) is 0 Å². The van der Waals surface area contributed by atoms with Crippen LogP contribution < -0.4 is 10.6 Å². The molecule has 0 bridgehead atoms. The molecule has 2 unspecified atom stereocenters. The average molecular weight is 352 g/mol. The van der Waals surface area contributed by atoms with Crippen LogP contribution in [0.25, 0.3) is 0 Å².